The number of para-hydroxylation sites is 1. The van der Waals surface area contributed by atoms with Crippen molar-refractivity contribution in [2.45, 2.75) is 12.8 Å². The molecular weight excluding hydrogens is 382 g/mol. The van der Waals surface area contributed by atoms with Crippen molar-refractivity contribution in [3.05, 3.63) is 52.0 Å². The monoisotopic (exact) mass is 397 g/mol. The summed E-state index contributed by atoms with van der Waals surface area (Å²) in [5.41, 5.74) is 0.566. The summed E-state index contributed by atoms with van der Waals surface area (Å²) in [7, 11) is 1.55. The quantitative estimate of drug-likeness (QED) is 0.674. The van der Waals surface area contributed by atoms with Crippen LogP contribution in [0, 0.1) is 0 Å². The Kier molecular flexibility index (Phi) is 6.74. The Morgan fingerprint density at radius 2 is 2.00 bits per heavy atom. The number of nitrogens with one attached hydrogen (secondary N) is 1. The van der Waals surface area contributed by atoms with Gasteiger partial charge in [0.05, 0.1) is 23.9 Å². The van der Waals surface area contributed by atoms with Gasteiger partial charge in [-0.1, -0.05) is 23.7 Å². The van der Waals surface area contributed by atoms with Crippen LogP contribution < -0.4 is 14.8 Å². The normalized spacial score (nSPS) is 10.2. The third kappa shape index (κ3) is 5.44. The first-order valence-electron chi connectivity index (χ1n) is 7.11. The lowest BCUT2D eigenvalue weighted by atomic mass is 10.2. The summed E-state index contributed by atoms with van der Waals surface area (Å²) >= 11 is 9.35. The number of carbonyl (C=O) groups is 1. The van der Waals surface area contributed by atoms with Crippen LogP contribution >= 0.6 is 27.5 Å². The lowest BCUT2D eigenvalue weighted by Crippen LogP contribution is -2.13. The summed E-state index contributed by atoms with van der Waals surface area (Å²) in [6.45, 7) is 0.461. The SMILES string of the molecule is COc1ccc(Cl)cc1NC(=O)CCCOc1ccccc1Br. The largest absolute Gasteiger partial charge is 0.495 e. The second-order valence-electron chi connectivity index (χ2n) is 4.78. The molecule has 0 aromatic heterocycles. The van der Waals surface area contributed by atoms with Gasteiger partial charge >= 0.3 is 0 Å². The molecule has 2 rings (SSSR count). The van der Waals surface area contributed by atoms with E-state index in [9.17, 15) is 4.79 Å². The lowest BCUT2D eigenvalue weighted by molar-refractivity contribution is -0.116. The molecule has 6 heteroatoms. The standard InChI is InChI=1S/C17H17BrClNO3/c1-22-16-9-8-12(19)11-14(16)20-17(21)7-4-10-23-15-6-3-2-5-13(15)18/h2-3,5-6,8-9,11H,4,7,10H2,1H3,(H,20,21). The van der Waals surface area contributed by atoms with Crippen LogP contribution in [-0.2, 0) is 4.79 Å². The Hall–Kier alpha value is -1.72. The topological polar surface area (TPSA) is 47.6 Å². The van der Waals surface area contributed by atoms with Gasteiger partial charge in [-0.05, 0) is 52.7 Å². The number of carbonyl (C=O) groups excluding carboxylic acids is 1. The van der Waals surface area contributed by atoms with Gasteiger partial charge in [0.15, 0.2) is 0 Å². The second kappa shape index (κ2) is 8.79. The van der Waals surface area contributed by atoms with Crippen LogP contribution in [0.25, 0.3) is 0 Å². The second-order valence-corrected chi connectivity index (χ2v) is 6.07. The van der Waals surface area contributed by atoms with Gasteiger partial charge in [-0.15, -0.1) is 0 Å². The Morgan fingerprint density at radius 3 is 2.74 bits per heavy atom. The summed E-state index contributed by atoms with van der Waals surface area (Å²) < 4.78 is 11.7. The van der Waals surface area contributed by atoms with Gasteiger partial charge in [0, 0.05) is 11.4 Å². The molecule has 0 heterocycles. The molecule has 0 fully saturated rings. The molecule has 1 N–H and O–H groups in total. The number of hydrogen-bond donors (Lipinski definition) is 1. The molecule has 0 atom stereocenters. The molecule has 122 valence electrons. The molecule has 0 aliphatic carbocycles. The van der Waals surface area contributed by atoms with Gasteiger partial charge in [-0.25, -0.2) is 0 Å². The maximum atomic E-state index is 12.0. The first kappa shape index (κ1) is 17.6. The van der Waals surface area contributed by atoms with Crippen LogP contribution in [0.15, 0.2) is 46.9 Å². The van der Waals surface area contributed by atoms with Crippen molar-refractivity contribution in [2.24, 2.45) is 0 Å². The highest BCUT2D eigenvalue weighted by Crippen LogP contribution is 2.28. The minimum absolute atomic E-state index is 0.110. The van der Waals surface area contributed by atoms with Crippen LogP contribution in [0.5, 0.6) is 11.5 Å². The van der Waals surface area contributed by atoms with Crippen LogP contribution in [0.2, 0.25) is 5.02 Å². The van der Waals surface area contributed by atoms with Crippen molar-refractivity contribution < 1.29 is 14.3 Å². The molecule has 0 aliphatic heterocycles. The van der Waals surface area contributed by atoms with Crippen LogP contribution in [-0.4, -0.2) is 19.6 Å². The maximum Gasteiger partial charge on any atom is 0.224 e. The van der Waals surface area contributed by atoms with E-state index in [1.54, 1.807) is 25.3 Å². The van der Waals surface area contributed by atoms with Crippen LogP contribution in [0.1, 0.15) is 12.8 Å². The van der Waals surface area contributed by atoms with E-state index < -0.39 is 0 Å². The Balaban J connectivity index is 1.80. The molecule has 2 aromatic carbocycles. The molecule has 1 amide bonds. The van der Waals surface area contributed by atoms with Crippen LogP contribution in [0.3, 0.4) is 0 Å². The highest BCUT2D eigenvalue weighted by Gasteiger charge is 2.08. The first-order chi connectivity index (χ1) is 11.1. The molecule has 0 unspecified atom stereocenters. The fourth-order valence-corrected chi connectivity index (χ4v) is 2.54. The number of amides is 1. The maximum absolute atomic E-state index is 12.0. The highest BCUT2D eigenvalue weighted by molar-refractivity contribution is 9.10. The number of anilines is 1. The minimum atomic E-state index is -0.110. The van der Waals surface area contributed by atoms with Crippen molar-refractivity contribution in [3.8, 4) is 11.5 Å². The molecule has 0 saturated heterocycles. The lowest BCUT2D eigenvalue weighted by Gasteiger charge is -2.11. The van der Waals surface area contributed by atoms with E-state index in [0.29, 0.717) is 35.9 Å². The fourth-order valence-electron chi connectivity index (χ4n) is 1.97. The van der Waals surface area contributed by atoms with Crippen molar-refractivity contribution in [1.29, 1.82) is 0 Å². The number of rotatable bonds is 7. The number of hydrogen-bond acceptors (Lipinski definition) is 3. The van der Waals surface area contributed by atoms with Gasteiger partial charge in [0.1, 0.15) is 11.5 Å². The molecule has 0 spiro atoms. The van der Waals surface area contributed by atoms with E-state index in [0.717, 1.165) is 10.2 Å². The number of benzene rings is 2. The summed E-state index contributed by atoms with van der Waals surface area (Å²) in [6.07, 6.45) is 0.955. The van der Waals surface area contributed by atoms with Gasteiger partial charge in [-0.2, -0.15) is 0 Å². The molecule has 0 radical (unpaired) electrons. The van der Waals surface area contributed by atoms with E-state index in [4.69, 9.17) is 21.1 Å². The summed E-state index contributed by atoms with van der Waals surface area (Å²) in [5.74, 6) is 1.23. The van der Waals surface area contributed by atoms with Gasteiger partial charge in [-0.3, -0.25) is 4.79 Å². The molecular formula is C17H17BrClNO3. The molecule has 23 heavy (non-hydrogen) atoms. The fraction of sp³-hybridized carbons (Fsp3) is 0.235. The van der Waals surface area contributed by atoms with Gasteiger partial charge < -0.3 is 14.8 Å². The van der Waals surface area contributed by atoms with Gasteiger partial charge in [0.2, 0.25) is 5.91 Å². The van der Waals surface area contributed by atoms with E-state index in [1.807, 2.05) is 24.3 Å². The predicted molar refractivity (Wildman–Crippen MR) is 95.5 cm³/mol. The summed E-state index contributed by atoms with van der Waals surface area (Å²) in [5, 5.41) is 3.34. The molecule has 0 bridgehead atoms. The Morgan fingerprint density at radius 1 is 1.22 bits per heavy atom. The summed E-state index contributed by atoms with van der Waals surface area (Å²) in [4.78, 5) is 12.0. The third-order valence-electron chi connectivity index (χ3n) is 3.08. The zero-order chi connectivity index (χ0) is 16.7. The van der Waals surface area contributed by atoms with E-state index in [2.05, 4.69) is 21.2 Å². The van der Waals surface area contributed by atoms with Crippen molar-refractivity contribution in [3.63, 3.8) is 0 Å². The first-order valence-corrected chi connectivity index (χ1v) is 8.28. The van der Waals surface area contributed by atoms with Gasteiger partial charge in [0.25, 0.3) is 0 Å². The van der Waals surface area contributed by atoms with Crippen molar-refractivity contribution in [2.75, 3.05) is 19.0 Å². The predicted octanol–water partition coefficient (Wildman–Crippen LogP) is 4.91. The van der Waals surface area contributed by atoms with Crippen molar-refractivity contribution in [1.82, 2.24) is 0 Å². The molecule has 0 aliphatic rings. The number of methoxy groups -OCH3 is 1. The Labute approximate surface area is 148 Å². The zero-order valence-electron chi connectivity index (χ0n) is 12.6. The highest BCUT2D eigenvalue weighted by atomic mass is 79.9. The van der Waals surface area contributed by atoms with E-state index in [-0.39, 0.29) is 5.91 Å². The average molecular weight is 399 g/mol. The number of ether oxygens (including phenoxy) is 2. The van der Waals surface area contributed by atoms with E-state index in [1.165, 1.54) is 0 Å². The minimum Gasteiger partial charge on any atom is -0.495 e. The Bertz CT molecular complexity index is 679. The third-order valence-corrected chi connectivity index (χ3v) is 3.97. The van der Waals surface area contributed by atoms with Crippen LogP contribution in [0.4, 0.5) is 5.69 Å². The summed E-state index contributed by atoms with van der Waals surface area (Å²) in [6, 6.07) is 12.7. The zero-order valence-corrected chi connectivity index (χ0v) is 15.0. The average Bonchev–Trinajstić information content (AvgIpc) is 2.53. The molecule has 0 saturated carbocycles. The smallest absolute Gasteiger partial charge is 0.224 e. The molecule has 4 nitrogen and oxygen atoms in total. The van der Waals surface area contributed by atoms with E-state index >= 15 is 0 Å². The number of halogens is 2. The van der Waals surface area contributed by atoms with Crippen molar-refractivity contribution >= 4 is 39.1 Å². The molecule has 2 aromatic rings.